The summed E-state index contributed by atoms with van der Waals surface area (Å²) < 4.78 is 0. The van der Waals surface area contributed by atoms with Gasteiger partial charge in [-0.15, -0.1) is 0 Å². The van der Waals surface area contributed by atoms with Crippen LogP contribution in [0.2, 0.25) is 0 Å². The van der Waals surface area contributed by atoms with Crippen molar-refractivity contribution in [3.8, 4) is 0 Å². The fourth-order valence-electron chi connectivity index (χ4n) is 2.70. The fraction of sp³-hybridized carbons (Fsp3) is 0.895. The summed E-state index contributed by atoms with van der Waals surface area (Å²) in [4.78, 5) is 1.98. The molecule has 0 saturated carbocycles. The van der Waals surface area contributed by atoms with Crippen LogP contribution in [0.15, 0.2) is 11.1 Å². The Balaban J connectivity index is 2.92. The Morgan fingerprint density at radius 3 is 1.25 bits per heavy atom. The minimum Gasteiger partial charge on any atom is -0.0776 e. The first-order valence-corrected chi connectivity index (χ1v) is 10.1. The molecular formula is C19H37Br. The standard InChI is InChI=1S/C19H37Br/c1-2-3-4-5-6-7-8-9-10-11-12-13-14-15-16-17-18-19-20/h18-19H,2-17H2,1H3/b19-18+. The molecule has 20 heavy (non-hydrogen) atoms. The predicted octanol–water partition coefficient (Wildman–Crippen LogP) is 8.16. The number of rotatable bonds is 16. The van der Waals surface area contributed by atoms with Crippen molar-refractivity contribution in [3.63, 3.8) is 0 Å². The van der Waals surface area contributed by atoms with E-state index in [4.69, 9.17) is 0 Å². The van der Waals surface area contributed by atoms with Gasteiger partial charge in [-0.2, -0.15) is 0 Å². The highest BCUT2D eigenvalue weighted by Gasteiger charge is 1.93. The molecule has 0 aliphatic rings. The summed E-state index contributed by atoms with van der Waals surface area (Å²) in [7, 11) is 0. The van der Waals surface area contributed by atoms with Crippen LogP contribution in [-0.2, 0) is 0 Å². The highest BCUT2D eigenvalue weighted by atomic mass is 79.9. The fourth-order valence-corrected chi connectivity index (χ4v) is 2.96. The Hall–Kier alpha value is 0.220. The Kier molecular flexibility index (Phi) is 19.4. The van der Waals surface area contributed by atoms with Gasteiger partial charge in [-0.05, 0) is 17.8 Å². The molecule has 0 saturated heterocycles. The molecule has 0 aliphatic carbocycles. The molecule has 0 atom stereocenters. The molecule has 0 heterocycles. The minimum atomic E-state index is 1.24. The van der Waals surface area contributed by atoms with E-state index in [-0.39, 0.29) is 0 Å². The molecule has 0 aliphatic heterocycles. The first kappa shape index (κ1) is 20.2. The molecule has 0 nitrogen and oxygen atoms in total. The van der Waals surface area contributed by atoms with E-state index >= 15 is 0 Å². The summed E-state index contributed by atoms with van der Waals surface area (Å²) >= 11 is 3.31. The average Bonchev–Trinajstić information content (AvgIpc) is 2.47. The molecule has 0 aromatic heterocycles. The van der Waals surface area contributed by atoms with Crippen molar-refractivity contribution >= 4 is 15.9 Å². The Bertz CT molecular complexity index is 186. The molecule has 0 N–H and O–H groups in total. The predicted molar refractivity (Wildman–Crippen MR) is 97.6 cm³/mol. The van der Waals surface area contributed by atoms with Crippen LogP contribution in [0.4, 0.5) is 0 Å². The van der Waals surface area contributed by atoms with E-state index in [1.807, 2.05) is 4.99 Å². The van der Waals surface area contributed by atoms with Crippen LogP contribution < -0.4 is 0 Å². The van der Waals surface area contributed by atoms with Gasteiger partial charge in [-0.1, -0.05) is 119 Å². The van der Waals surface area contributed by atoms with E-state index < -0.39 is 0 Å². The lowest BCUT2D eigenvalue weighted by Gasteiger charge is -2.03. The third kappa shape index (κ3) is 18.2. The molecule has 0 rings (SSSR count). The van der Waals surface area contributed by atoms with Gasteiger partial charge in [0.25, 0.3) is 0 Å². The van der Waals surface area contributed by atoms with E-state index in [1.165, 1.54) is 103 Å². The topological polar surface area (TPSA) is 0 Å². The van der Waals surface area contributed by atoms with Gasteiger partial charge in [-0.25, -0.2) is 0 Å². The van der Waals surface area contributed by atoms with Crippen molar-refractivity contribution in [1.82, 2.24) is 0 Å². The van der Waals surface area contributed by atoms with E-state index in [2.05, 4.69) is 28.9 Å². The van der Waals surface area contributed by atoms with Crippen molar-refractivity contribution in [2.45, 2.75) is 110 Å². The van der Waals surface area contributed by atoms with E-state index in [0.29, 0.717) is 0 Å². The zero-order chi connectivity index (χ0) is 14.7. The summed E-state index contributed by atoms with van der Waals surface area (Å²) in [6, 6.07) is 0. The summed E-state index contributed by atoms with van der Waals surface area (Å²) in [5, 5.41) is 0. The van der Waals surface area contributed by atoms with Crippen molar-refractivity contribution in [1.29, 1.82) is 0 Å². The van der Waals surface area contributed by atoms with Crippen molar-refractivity contribution in [3.05, 3.63) is 11.1 Å². The quantitative estimate of drug-likeness (QED) is 0.248. The van der Waals surface area contributed by atoms with Crippen LogP contribution in [0.3, 0.4) is 0 Å². The third-order valence-electron chi connectivity index (χ3n) is 4.06. The molecule has 120 valence electrons. The zero-order valence-corrected chi connectivity index (χ0v) is 15.4. The second-order valence-corrected chi connectivity index (χ2v) is 6.63. The van der Waals surface area contributed by atoms with Gasteiger partial charge in [0.15, 0.2) is 0 Å². The normalized spacial score (nSPS) is 11.5. The van der Waals surface area contributed by atoms with E-state index in [1.54, 1.807) is 0 Å². The van der Waals surface area contributed by atoms with Crippen LogP contribution in [0.25, 0.3) is 0 Å². The number of halogens is 1. The van der Waals surface area contributed by atoms with E-state index in [9.17, 15) is 0 Å². The van der Waals surface area contributed by atoms with Gasteiger partial charge in [0, 0.05) is 0 Å². The molecule has 0 spiro atoms. The van der Waals surface area contributed by atoms with Gasteiger partial charge in [0.05, 0.1) is 0 Å². The van der Waals surface area contributed by atoms with Crippen molar-refractivity contribution < 1.29 is 0 Å². The van der Waals surface area contributed by atoms with Crippen LogP contribution in [0.5, 0.6) is 0 Å². The molecule has 0 unspecified atom stereocenters. The van der Waals surface area contributed by atoms with Crippen LogP contribution >= 0.6 is 15.9 Å². The largest absolute Gasteiger partial charge is 0.0776 e. The monoisotopic (exact) mass is 344 g/mol. The molecule has 1 heteroatoms. The highest BCUT2D eigenvalue weighted by Crippen LogP contribution is 2.13. The van der Waals surface area contributed by atoms with Gasteiger partial charge < -0.3 is 0 Å². The first-order chi connectivity index (χ1) is 9.91. The zero-order valence-electron chi connectivity index (χ0n) is 13.8. The van der Waals surface area contributed by atoms with Gasteiger partial charge in [0.2, 0.25) is 0 Å². The molecule has 0 amide bonds. The summed E-state index contributed by atoms with van der Waals surface area (Å²) in [6.45, 7) is 2.29. The second-order valence-electron chi connectivity index (χ2n) is 6.10. The Labute approximate surface area is 136 Å². The van der Waals surface area contributed by atoms with Gasteiger partial charge in [-0.3, -0.25) is 0 Å². The van der Waals surface area contributed by atoms with E-state index in [0.717, 1.165) is 0 Å². The summed E-state index contributed by atoms with van der Waals surface area (Å²) in [5.41, 5.74) is 0. The summed E-state index contributed by atoms with van der Waals surface area (Å²) in [5.74, 6) is 0. The second kappa shape index (κ2) is 19.2. The first-order valence-electron chi connectivity index (χ1n) is 9.17. The van der Waals surface area contributed by atoms with Gasteiger partial charge >= 0.3 is 0 Å². The Morgan fingerprint density at radius 1 is 0.550 bits per heavy atom. The minimum absolute atomic E-state index is 1.24. The Morgan fingerprint density at radius 2 is 0.900 bits per heavy atom. The highest BCUT2D eigenvalue weighted by molar-refractivity contribution is 9.11. The molecular weight excluding hydrogens is 308 g/mol. The smallest absolute Gasteiger partial charge is 0.0229 e. The van der Waals surface area contributed by atoms with Crippen LogP contribution in [0, 0.1) is 0 Å². The SMILES string of the molecule is CCCCCCCCCCCCCCCCC/C=C/Br. The lowest BCUT2D eigenvalue weighted by atomic mass is 10.0. The third-order valence-corrected chi connectivity index (χ3v) is 4.44. The maximum atomic E-state index is 3.31. The number of allylic oxidation sites excluding steroid dienone is 1. The number of hydrogen-bond acceptors (Lipinski definition) is 0. The number of unbranched alkanes of at least 4 members (excludes halogenated alkanes) is 15. The van der Waals surface area contributed by atoms with Crippen LogP contribution in [0.1, 0.15) is 110 Å². The lowest BCUT2D eigenvalue weighted by Crippen LogP contribution is -1.83. The maximum absolute atomic E-state index is 3.31. The van der Waals surface area contributed by atoms with Crippen LogP contribution in [-0.4, -0.2) is 0 Å². The molecule has 0 bridgehead atoms. The van der Waals surface area contributed by atoms with Crippen molar-refractivity contribution in [2.75, 3.05) is 0 Å². The maximum Gasteiger partial charge on any atom is -0.0229 e. The number of hydrogen-bond donors (Lipinski definition) is 0. The van der Waals surface area contributed by atoms with Gasteiger partial charge in [0.1, 0.15) is 0 Å². The molecule has 0 radical (unpaired) electrons. The van der Waals surface area contributed by atoms with Crippen molar-refractivity contribution in [2.24, 2.45) is 0 Å². The summed E-state index contributed by atoms with van der Waals surface area (Å²) in [6.07, 6.45) is 25.2. The average molecular weight is 345 g/mol. The molecule has 0 aromatic rings. The lowest BCUT2D eigenvalue weighted by molar-refractivity contribution is 0.533. The molecule has 0 fully saturated rings. The molecule has 0 aromatic carbocycles.